The second-order valence-electron chi connectivity index (χ2n) is 12.5. The van der Waals surface area contributed by atoms with Gasteiger partial charge in [0.15, 0.2) is 14.1 Å². The molecule has 0 unspecified atom stereocenters. The summed E-state index contributed by atoms with van der Waals surface area (Å²) in [6, 6.07) is 7.99. The first-order valence-corrected chi connectivity index (χ1v) is 16.6. The first-order chi connectivity index (χ1) is 17.1. The van der Waals surface area contributed by atoms with Crippen molar-refractivity contribution in [1.29, 1.82) is 0 Å². The summed E-state index contributed by atoms with van der Waals surface area (Å²) < 4.78 is 31.6. The van der Waals surface area contributed by atoms with E-state index in [1.807, 2.05) is 38.1 Å². The minimum absolute atomic E-state index is 0.0814. The summed E-state index contributed by atoms with van der Waals surface area (Å²) in [4.78, 5) is 0. The van der Waals surface area contributed by atoms with E-state index in [4.69, 9.17) is 23.4 Å². The maximum atomic E-state index is 7.09. The van der Waals surface area contributed by atoms with Crippen LogP contribution in [0.25, 0.3) is 0 Å². The van der Waals surface area contributed by atoms with Crippen LogP contribution in [0.15, 0.2) is 48.1 Å². The van der Waals surface area contributed by atoms with E-state index in [1.54, 1.807) is 7.11 Å². The first kappa shape index (κ1) is 31.8. The Balaban J connectivity index is 2.27. The van der Waals surface area contributed by atoms with Gasteiger partial charge in [0, 0.05) is 5.92 Å². The Hall–Kier alpha value is -1.44. The molecule has 37 heavy (non-hydrogen) atoms. The second-order valence-corrected chi connectivity index (χ2v) is 17.3. The van der Waals surface area contributed by atoms with Crippen LogP contribution in [0.5, 0.6) is 5.75 Å². The smallest absolute Gasteiger partial charge is 0.193 e. The molecular weight excluding hydrogens is 480 g/mol. The van der Waals surface area contributed by atoms with Gasteiger partial charge in [0.1, 0.15) is 11.9 Å². The molecular formula is C31H52O5Si. The average Bonchev–Trinajstić information content (AvgIpc) is 3.12. The zero-order valence-corrected chi connectivity index (χ0v) is 26.4. The van der Waals surface area contributed by atoms with Gasteiger partial charge in [-0.15, -0.1) is 0 Å². The Morgan fingerprint density at radius 1 is 1.08 bits per heavy atom. The Morgan fingerprint density at radius 3 is 2.22 bits per heavy atom. The van der Waals surface area contributed by atoms with Crippen molar-refractivity contribution < 1.29 is 23.4 Å². The summed E-state index contributed by atoms with van der Waals surface area (Å²) in [7, 11) is -0.416. The molecule has 0 N–H and O–H groups in total. The minimum atomic E-state index is -2.09. The normalized spacial score (nSPS) is 23.3. The average molecular weight is 533 g/mol. The number of allylic oxidation sites excluding steroid dienone is 3. The van der Waals surface area contributed by atoms with Crippen LogP contribution in [0, 0.1) is 11.8 Å². The molecule has 210 valence electrons. The van der Waals surface area contributed by atoms with Crippen molar-refractivity contribution in [2.75, 3.05) is 13.7 Å². The second kappa shape index (κ2) is 13.1. The van der Waals surface area contributed by atoms with Gasteiger partial charge in [-0.2, -0.15) is 0 Å². The SMILES string of the molecule is C/C=C\[C@H](C)/C=C(\C)[C@@H](O[Si](C)(C)C(C)(C)C)[C@H]1OC(C)(C)O[C@@H]1[C@H](C)COCc1ccc(OC)cc1. The molecule has 2 rings (SSSR count). The molecule has 1 fully saturated rings. The van der Waals surface area contributed by atoms with Crippen LogP contribution in [0.2, 0.25) is 18.1 Å². The van der Waals surface area contributed by atoms with Gasteiger partial charge in [-0.1, -0.05) is 65.0 Å². The van der Waals surface area contributed by atoms with E-state index in [2.05, 4.69) is 79.8 Å². The van der Waals surface area contributed by atoms with Crippen LogP contribution in [0.1, 0.15) is 67.9 Å². The Kier molecular flexibility index (Phi) is 11.2. The molecule has 1 aliphatic heterocycles. The summed E-state index contributed by atoms with van der Waals surface area (Å²) in [5.74, 6) is 0.591. The summed E-state index contributed by atoms with van der Waals surface area (Å²) in [5, 5.41) is 0.0814. The molecule has 0 amide bonds. The minimum Gasteiger partial charge on any atom is -0.497 e. The van der Waals surface area contributed by atoms with Gasteiger partial charge in [-0.3, -0.25) is 0 Å². The standard InChI is InChI=1S/C31H52O5Si/c1-13-14-22(2)19-23(3)28(36-37(11,12)30(5,6)7)29-27(34-31(8,9)35-29)24(4)20-33-21-25-15-17-26(32-10)18-16-25/h13-19,22,24,27-29H,20-21H2,1-12H3/b14-13-,23-19+/t22-,24+,27+,28+,29-/m0/s1. The molecule has 1 heterocycles. The molecule has 5 atom stereocenters. The molecule has 1 aromatic carbocycles. The molecule has 0 spiro atoms. The quantitative estimate of drug-likeness (QED) is 0.202. The van der Waals surface area contributed by atoms with Gasteiger partial charge in [-0.25, -0.2) is 0 Å². The molecule has 0 aromatic heterocycles. The number of hydrogen-bond donors (Lipinski definition) is 0. The molecule has 1 aromatic rings. The summed E-state index contributed by atoms with van der Waals surface area (Å²) in [5.41, 5.74) is 2.31. The van der Waals surface area contributed by atoms with E-state index in [-0.39, 0.29) is 29.3 Å². The lowest BCUT2D eigenvalue weighted by Crippen LogP contribution is -2.51. The lowest BCUT2D eigenvalue weighted by molar-refractivity contribution is -0.156. The number of rotatable bonds is 12. The van der Waals surface area contributed by atoms with E-state index in [1.165, 1.54) is 5.57 Å². The van der Waals surface area contributed by atoms with Crippen molar-refractivity contribution in [1.82, 2.24) is 0 Å². The topological polar surface area (TPSA) is 46.2 Å². The highest BCUT2D eigenvalue weighted by atomic mass is 28.4. The van der Waals surface area contributed by atoms with Crippen LogP contribution in [-0.2, 0) is 25.2 Å². The van der Waals surface area contributed by atoms with Gasteiger partial charge in [0.2, 0.25) is 0 Å². The predicted octanol–water partition coefficient (Wildman–Crippen LogP) is 7.92. The molecule has 1 saturated heterocycles. The summed E-state index contributed by atoms with van der Waals surface area (Å²) >= 11 is 0. The molecule has 5 nitrogen and oxygen atoms in total. The third-order valence-electron chi connectivity index (χ3n) is 7.53. The predicted molar refractivity (Wildman–Crippen MR) is 155 cm³/mol. The fourth-order valence-electron chi connectivity index (χ4n) is 4.45. The number of benzene rings is 1. The highest BCUT2D eigenvalue weighted by molar-refractivity contribution is 6.74. The van der Waals surface area contributed by atoms with Crippen LogP contribution in [0.4, 0.5) is 0 Å². The number of ether oxygens (including phenoxy) is 4. The van der Waals surface area contributed by atoms with Crippen molar-refractivity contribution in [3.8, 4) is 5.75 Å². The van der Waals surface area contributed by atoms with Gasteiger partial charge < -0.3 is 23.4 Å². The zero-order valence-electron chi connectivity index (χ0n) is 25.4. The van der Waals surface area contributed by atoms with Gasteiger partial charge in [0.25, 0.3) is 0 Å². The summed E-state index contributed by atoms with van der Waals surface area (Å²) in [6.45, 7) is 25.2. The monoisotopic (exact) mass is 532 g/mol. The molecule has 1 aliphatic rings. The summed E-state index contributed by atoms with van der Waals surface area (Å²) in [6.07, 6.45) is 6.04. The van der Waals surface area contributed by atoms with Crippen LogP contribution in [-0.4, -0.2) is 46.1 Å². The molecule has 0 aliphatic carbocycles. The van der Waals surface area contributed by atoms with Crippen molar-refractivity contribution >= 4 is 8.32 Å². The van der Waals surface area contributed by atoms with Crippen molar-refractivity contribution in [2.24, 2.45) is 11.8 Å². The fourth-order valence-corrected chi connectivity index (χ4v) is 5.76. The molecule has 0 bridgehead atoms. The molecule has 6 heteroatoms. The van der Waals surface area contributed by atoms with E-state index in [0.717, 1.165) is 11.3 Å². The third kappa shape index (κ3) is 9.07. The van der Waals surface area contributed by atoms with Crippen LogP contribution in [0.3, 0.4) is 0 Å². The van der Waals surface area contributed by atoms with Crippen LogP contribution >= 0.6 is 0 Å². The van der Waals surface area contributed by atoms with Crippen molar-refractivity contribution in [3.05, 3.63) is 53.6 Å². The van der Waals surface area contributed by atoms with Crippen molar-refractivity contribution in [3.63, 3.8) is 0 Å². The van der Waals surface area contributed by atoms with Gasteiger partial charge >= 0.3 is 0 Å². The zero-order chi connectivity index (χ0) is 28.0. The highest BCUT2D eigenvalue weighted by Gasteiger charge is 2.50. The van der Waals surface area contributed by atoms with E-state index < -0.39 is 14.1 Å². The molecule has 0 saturated carbocycles. The van der Waals surface area contributed by atoms with Crippen LogP contribution < -0.4 is 4.74 Å². The molecule has 0 radical (unpaired) electrons. The van der Waals surface area contributed by atoms with Crippen molar-refractivity contribution in [2.45, 2.75) is 111 Å². The lowest BCUT2D eigenvalue weighted by atomic mass is 9.92. The lowest BCUT2D eigenvalue weighted by Gasteiger charge is -2.42. The van der Waals surface area contributed by atoms with E-state index in [0.29, 0.717) is 19.1 Å². The maximum Gasteiger partial charge on any atom is 0.193 e. The number of hydrogen-bond acceptors (Lipinski definition) is 5. The number of methoxy groups -OCH3 is 1. The Labute approximate surface area is 227 Å². The van der Waals surface area contributed by atoms with Gasteiger partial charge in [0.05, 0.1) is 32.5 Å². The Morgan fingerprint density at radius 2 is 1.68 bits per heavy atom. The van der Waals surface area contributed by atoms with E-state index >= 15 is 0 Å². The maximum absolute atomic E-state index is 7.09. The fraction of sp³-hybridized carbons (Fsp3) is 0.677. The Bertz CT molecular complexity index is 897. The van der Waals surface area contributed by atoms with E-state index in [9.17, 15) is 0 Å². The third-order valence-corrected chi connectivity index (χ3v) is 12.0. The highest BCUT2D eigenvalue weighted by Crippen LogP contribution is 2.42. The largest absolute Gasteiger partial charge is 0.497 e. The van der Waals surface area contributed by atoms with Gasteiger partial charge in [-0.05, 0) is 75.0 Å². The first-order valence-electron chi connectivity index (χ1n) is 13.7.